The summed E-state index contributed by atoms with van der Waals surface area (Å²) in [4.78, 5) is 44.7. The number of hydrogen-bond acceptors (Lipinski definition) is 5. The third-order valence-electron chi connectivity index (χ3n) is 5.16. The molecule has 8 nitrogen and oxygen atoms in total. The van der Waals surface area contributed by atoms with Crippen LogP contribution in [0.4, 0.5) is 11.4 Å². The van der Waals surface area contributed by atoms with Crippen LogP contribution in [0.2, 0.25) is 10.0 Å². The van der Waals surface area contributed by atoms with Crippen LogP contribution in [0.1, 0.15) is 5.56 Å². The summed E-state index contributed by atoms with van der Waals surface area (Å²) >= 11 is 12.2. The first kappa shape index (κ1) is 22.5. The van der Waals surface area contributed by atoms with Crippen LogP contribution < -0.4 is 10.3 Å². The molecule has 0 spiro atoms. The van der Waals surface area contributed by atoms with Gasteiger partial charge in [-0.05, 0) is 48.0 Å². The van der Waals surface area contributed by atoms with Gasteiger partial charge in [0.25, 0.3) is 17.7 Å². The molecule has 0 aromatic heterocycles. The van der Waals surface area contributed by atoms with Gasteiger partial charge in [-0.15, -0.1) is 5.10 Å². The standard InChI is InChI=1S/C25H15Cl2N5O3/c26-16-12-11-15(20(27)14-16)13-19-22(33)29-25-31(24(19)35)21(23(34)28-17-7-3-1-4-8-17)30-32(25)18-9-5-2-6-10-18/h1-14H,(H,28,34)/b19-13-. The number of carbonyl (C=O) groups is 3. The number of benzene rings is 3. The number of hydrazone groups is 1. The second kappa shape index (κ2) is 9.17. The first-order valence-corrected chi connectivity index (χ1v) is 11.1. The quantitative estimate of drug-likeness (QED) is 0.416. The van der Waals surface area contributed by atoms with Crippen molar-refractivity contribution < 1.29 is 14.4 Å². The van der Waals surface area contributed by atoms with Crippen LogP contribution >= 0.6 is 23.2 Å². The van der Waals surface area contributed by atoms with E-state index in [0.717, 1.165) is 4.90 Å². The van der Waals surface area contributed by atoms with Crippen LogP contribution in [0.5, 0.6) is 0 Å². The number of hydrogen-bond donors (Lipinski definition) is 1. The van der Waals surface area contributed by atoms with E-state index in [9.17, 15) is 14.4 Å². The summed E-state index contributed by atoms with van der Waals surface area (Å²) < 4.78 is 0. The monoisotopic (exact) mass is 503 g/mol. The summed E-state index contributed by atoms with van der Waals surface area (Å²) in [5, 5.41) is 9.00. The lowest BCUT2D eigenvalue weighted by molar-refractivity contribution is -0.126. The molecule has 5 rings (SSSR count). The van der Waals surface area contributed by atoms with Gasteiger partial charge in [-0.2, -0.15) is 10.0 Å². The molecule has 0 saturated carbocycles. The maximum Gasteiger partial charge on any atom is 0.294 e. The van der Waals surface area contributed by atoms with Crippen LogP contribution in [0.25, 0.3) is 6.08 Å². The molecule has 172 valence electrons. The Balaban J connectivity index is 1.58. The number of halogens is 2. The molecule has 3 amide bonds. The highest BCUT2D eigenvalue weighted by Gasteiger charge is 2.45. The van der Waals surface area contributed by atoms with E-state index >= 15 is 0 Å². The highest BCUT2D eigenvalue weighted by Crippen LogP contribution is 2.29. The van der Waals surface area contributed by atoms with E-state index < -0.39 is 17.7 Å². The van der Waals surface area contributed by atoms with Crippen molar-refractivity contribution >= 4 is 70.2 Å². The van der Waals surface area contributed by atoms with Crippen LogP contribution in [0, 0.1) is 0 Å². The number of amides is 3. The summed E-state index contributed by atoms with van der Waals surface area (Å²) in [6.45, 7) is 0. The lowest BCUT2D eigenvalue weighted by Gasteiger charge is -2.24. The van der Waals surface area contributed by atoms with Crippen LogP contribution in [0.3, 0.4) is 0 Å². The number of carbonyl (C=O) groups excluding carboxylic acids is 3. The van der Waals surface area contributed by atoms with Gasteiger partial charge in [0.1, 0.15) is 5.57 Å². The van der Waals surface area contributed by atoms with Crippen molar-refractivity contribution in [3.8, 4) is 0 Å². The van der Waals surface area contributed by atoms with E-state index in [2.05, 4.69) is 15.4 Å². The minimum absolute atomic E-state index is 0.0937. The van der Waals surface area contributed by atoms with Crippen molar-refractivity contribution in [2.45, 2.75) is 0 Å². The molecule has 2 heterocycles. The van der Waals surface area contributed by atoms with E-state index in [1.54, 1.807) is 66.7 Å². The van der Waals surface area contributed by atoms with Gasteiger partial charge in [-0.25, -0.2) is 4.90 Å². The number of para-hydroxylation sites is 2. The second-order valence-electron chi connectivity index (χ2n) is 7.47. The molecule has 0 unspecified atom stereocenters. The number of nitrogens with one attached hydrogen (secondary N) is 1. The predicted octanol–water partition coefficient (Wildman–Crippen LogP) is 4.57. The fourth-order valence-corrected chi connectivity index (χ4v) is 3.98. The molecule has 0 aliphatic carbocycles. The molecule has 1 N–H and O–H groups in total. The molecule has 35 heavy (non-hydrogen) atoms. The Hall–Kier alpha value is -4.27. The predicted molar refractivity (Wildman–Crippen MR) is 135 cm³/mol. The molecule has 0 radical (unpaired) electrons. The number of anilines is 2. The van der Waals surface area contributed by atoms with Crippen LogP contribution in [0.15, 0.2) is 94.5 Å². The summed E-state index contributed by atoms with van der Waals surface area (Å²) in [6, 6.07) is 22.2. The van der Waals surface area contributed by atoms with E-state index in [0.29, 0.717) is 22.0 Å². The minimum atomic E-state index is -0.784. The molecule has 0 fully saturated rings. The molecule has 2 aliphatic rings. The van der Waals surface area contributed by atoms with Gasteiger partial charge in [-0.3, -0.25) is 14.4 Å². The SMILES string of the molecule is O=C(Nc1ccccc1)C1=NN(c2ccccc2)C2=NC(=O)/C(=C/c3ccc(Cl)cc3Cl)C(=O)N12. The third-order valence-corrected chi connectivity index (χ3v) is 5.72. The Bertz CT molecular complexity index is 1450. The van der Waals surface area contributed by atoms with Crippen molar-refractivity contribution in [3.05, 3.63) is 100 Å². The highest BCUT2D eigenvalue weighted by molar-refractivity contribution is 6.53. The molecule has 2 aliphatic heterocycles. The Morgan fingerprint density at radius 2 is 1.60 bits per heavy atom. The number of nitrogens with zero attached hydrogens (tertiary/aromatic N) is 4. The average Bonchev–Trinajstić information content (AvgIpc) is 3.24. The van der Waals surface area contributed by atoms with Gasteiger partial charge in [0.2, 0.25) is 11.8 Å². The molecule has 0 saturated heterocycles. The van der Waals surface area contributed by atoms with Gasteiger partial charge in [0.05, 0.1) is 5.69 Å². The van der Waals surface area contributed by atoms with Crippen molar-refractivity contribution in [1.82, 2.24) is 4.90 Å². The Kier molecular flexibility index (Phi) is 5.90. The second-order valence-corrected chi connectivity index (χ2v) is 8.32. The normalized spacial score (nSPS) is 16.2. The summed E-state index contributed by atoms with van der Waals surface area (Å²) in [7, 11) is 0. The smallest absolute Gasteiger partial charge is 0.294 e. The fraction of sp³-hybridized carbons (Fsp3) is 0. The zero-order valence-electron chi connectivity index (χ0n) is 17.9. The first-order chi connectivity index (χ1) is 16.9. The molecular formula is C25H15Cl2N5O3. The summed E-state index contributed by atoms with van der Waals surface area (Å²) in [5.41, 5.74) is 1.17. The molecule has 10 heteroatoms. The van der Waals surface area contributed by atoms with Gasteiger partial charge in [-0.1, -0.05) is 65.7 Å². The van der Waals surface area contributed by atoms with Crippen LogP contribution in [-0.4, -0.2) is 34.4 Å². The largest absolute Gasteiger partial charge is 0.319 e. The fourth-order valence-electron chi connectivity index (χ4n) is 3.52. The number of amidine groups is 1. The van der Waals surface area contributed by atoms with E-state index in [1.165, 1.54) is 17.2 Å². The Labute approximate surface area is 209 Å². The maximum atomic E-state index is 13.5. The lowest BCUT2D eigenvalue weighted by Crippen LogP contribution is -2.50. The molecule has 3 aromatic rings. The number of fused-ring (bicyclic) bond motifs is 1. The molecule has 0 atom stereocenters. The average molecular weight is 504 g/mol. The topological polar surface area (TPSA) is 94.4 Å². The Morgan fingerprint density at radius 3 is 2.29 bits per heavy atom. The lowest BCUT2D eigenvalue weighted by atomic mass is 10.1. The molecular weight excluding hydrogens is 489 g/mol. The number of aliphatic imine (C=N–C) groups is 1. The summed E-state index contributed by atoms with van der Waals surface area (Å²) in [5.74, 6) is -2.51. The van der Waals surface area contributed by atoms with Gasteiger partial charge in [0.15, 0.2) is 0 Å². The minimum Gasteiger partial charge on any atom is -0.319 e. The van der Waals surface area contributed by atoms with Crippen molar-refractivity contribution in [2.75, 3.05) is 10.3 Å². The van der Waals surface area contributed by atoms with Crippen LogP contribution in [-0.2, 0) is 14.4 Å². The van der Waals surface area contributed by atoms with Gasteiger partial charge >= 0.3 is 0 Å². The van der Waals surface area contributed by atoms with Crippen molar-refractivity contribution in [1.29, 1.82) is 0 Å². The number of rotatable bonds is 4. The number of guanidine groups is 1. The molecule has 0 bridgehead atoms. The third kappa shape index (κ3) is 4.32. The van der Waals surface area contributed by atoms with E-state index in [-0.39, 0.29) is 22.4 Å². The summed E-state index contributed by atoms with van der Waals surface area (Å²) in [6.07, 6.45) is 1.32. The molecule has 3 aromatic carbocycles. The zero-order chi connectivity index (χ0) is 24.5. The maximum absolute atomic E-state index is 13.5. The van der Waals surface area contributed by atoms with E-state index in [1.807, 2.05) is 6.07 Å². The van der Waals surface area contributed by atoms with Gasteiger partial charge in [0, 0.05) is 15.7 Å². The first-order valence-electron chi connectivity index (χ1n) is 10.4. The van der Waals surface area contributed by atoms with Gasteiger partial charge < -0.3 is 5.32 Å². The highest BCUT2D eigenvalue weighted by atomic mass is 35.5. The van der Waals surface area contributed by atoms with Crippen molar-refractivity contribution in [2.24, 2.45) is 10.1 Å². The van der Waals surface area contributed by atoms with Crippen molar-refractivity contribution in [3.63, 3.8) is 0 Å². The zero-order valence-corrected chi connectivity index (χ0v) is 19.4. The van der Waals surface area contributed by atoms with E-state index in [4.69, 9.17) is 23.2 Å². The Morgan fingerprint density at radius 1 is 0.914 bits per heavy atom.